The van der Waals surface area contributed by atoms with Crippen LogP contribution in [-0.4, -0.2) is 0 Å². The normalized spacial score (nSPS) is 26.4. The Labute approximate surface area is 226 Å². The third kappa shape index (κ3) is 10.0. The first kappa shape index (κ1) is 29.5. The lowest BCUT2D eigenvalue weighted by Crippen LogP contribution is -2.23. The summed E-state index contributed by atoms with van der Waals surface area (Å²) in [6, 6.07) is 0. The Bertz CT molecular complexity index is 713. The summed E-state index contributed by atoms with van der Waals surface area (Å²) in [5, 5.41) is 0. The van der Waals surface area contributed by atoms with Crippen molar-refractivity contribution in [3.8, 4) is 0 Å². The van der Waals surface area contributed by atoms with E-state index in [9.17, 15) is 0 Å². The van der Waals surface area contributed by atoms with Crippen molar-refractivity contribution >= 4 is 0 Å². The summed E-state index contributed by atoms with van der Waals surface area (Å²) in [6.45, 7) is 14.1. The SMILES string of the molecule is C=C(CCC1=CCC(CC2CCC(CCC3CCC=CCC3)CC2)C=C1)CC(CCC)C(C)(C)CC. The molecule has 0 aromatic carbocycles. The first-order chi connectivity index (χ1) is 17.4. The molecule has 2 atom stereocenters. The van der Waals surface area contributed by atoms with E-state index >= 15 is 0 Å². The number of allylic oxidation sites excluding steroid dienone is 7. The van der Waals surface area contributed by atoms with Gasteiger partial charge in [0.25, 0.3) is 0 Å². The predicted molar refractivity (Wildman–Crippen MR) is 161 cm³/mol. The van der Waals surface area contributed by atoms with Gasteiger partial charge in [-0.15, -0.1) is 0 Å². The van der Waals surface area contributed by atoms with Gasteiger partial charge >= 0.3 is 0 Å². The maximum absolute atomic E-state index is 4.50. The molecule has 0 aromatic heterocycles. The third-order valence-corrected chi connectivity index (χ3v) is 10.5. The van der Waals surface area contributed by atoms with E-state index in [1.807, 2.05) is 0 Å². The van der Waals surface area contributed by atoms with E-state index in [2.05, 4.69) is 64.7 Å². The lowest BCUT2D eigenvalue weighted by molar-refractivity contribution is 0.187. The van der Waals surface area contributed by atoms with Crippen LogP contribution in [0.5, 0.6) is 0 Å². The van der Waals surface area contributed by atoms with Gasteiger partial charge in [0.05, 0.1) is 0 Å². The van der Waals surface area contributed by atoms with Gasteiger partial charge in [-0.3, -0.25) is 0 Å². The fourth-order valence-corrected chi connectivity index (χ4v) is 7.24. The summed E-state index contributed by atoms with van der Waals surface area (Å²) in [6.07, 6.45) is 37.1. The summed E-state index contributed by atoms with van der Waals surface area (Å²) < 4.78 is 0. The van der Waals surface area contributed by atoms with Crippen LogP contribution in [-0.2, 0) is 0 Å². The van der Waals surface area contributed by atoms with Crippen LogP contribution in [0.1, 0.15) is 143 Å². The second-order valence-electron chi connectivity index (χ2n) is 13.6. The summed E-state index contributed by atoms with van der Waals surface area (Å²) in [5.74, 6) is 4.58. The summed E-state index contributed by atoms with van der Waals surface area (Å²) in [5.41, 5.74) is 3.47. The molecule has 0 aliphatic heterocycles. The van der Waals surface area contributed by atoms with Crippen molar-refractivity contribution in [3.05, 3.63) is 48.1 Å². The predicted octanol–water partition coefficient (Wildman–Crippen LogP) is 11.8. The highest BCUT2D eigenvalue weighted by Crippen LogP contribution is 2.40. The highest BCUT2D eigenvalue weighted by molar-refractivity contribution is 5.24. The highest BCUT2D eigenvalue weighted by Gasteiger charge is 2.27. The van der Waals surface area contributed by atoms with Crippen molar-refractivity contribution in [1.29, 1.82) is 0 Å². The van der Waals surface area contributed by atoms with Crippen LogP contribution < -0.4 is 0 Å². The molecule has 0 amide bonds. The van der Waals surface area contributed by atoms with E-state index in [4.69, 9.17) is 0 Å². The van der Waals surface area contributed by atoms with Crippen LogP contribution in [0.25, 0.3) is 0 Å². The fraction of sp³-hybridized carbons (Fsp3) is 0.778. The molecule has 0 N–H and O–H groups in total. The molecular weight excluding hydrogens is 432 g/mol. The average Bonchev–Trinajstić information content (AvgIpc) is 3.16. The quantitative estimate of drug-likeness (QED) is 0.211. The minimum absolute atomic E-state index is 0.432. The largest absolute Gasteiger partial charge is 0.0998 e. The molecule has 0 bridgehead atoms. The van der Waals surface area contributed by atoms with E-state index in [1.54, 1.807) is 5.57 Å². The zero-order chi connectivity index (χ0) is 25.8. The number of rotatable bonds is 14. The minimum Gasteiger partial charge on any atom is -0.0998 e. The molecule has 0 nitrogen and oxygen atoms in total. The van der Waals surface area contributed by atoms with Crippen molar-refractivity contribution in [2.24, 2.45) is 35.0 Å². The first-order valence-electron chi connectivity index (χ1n) is 16.1. The zero-order valence-corrected chi connectivity index (χ0v) is 24.7. The molecule has 1 fully saturated rings. The van der Waals surface area contributed by atoms with Gasteiger partial charge < -0.3 is 0 Å². The molecule has 0 heteroatoms. The summed E-state index contributed by atoms with van der Waals surface area (Å²) >= 11 is 0. The van der Waals surface area contributed by atoms with E-state index in [1.165, 1.54) is 121 Å². The van der Waals surface area contributed by atoms with Crippen LogP contribution >= 0.6 is 0 Å². The topological polar surface area (TPSA) is 0 Å². The van der Waals surface area contributed by atoms with Crippen molar-refractivity contribution < 1.29 is 0 Å². The molecule has 0 radical (unpaired) electrons. The Morgan fingerprint density at radius 1 is 0.944 bits per heavy atom. The van der Waals surface area contributed by atoms with Crippen molar-refractivity contribution in [2.75, 3.05) is 0 Å². The Morgan fingerprint density at radius 3 is 2.17 bits per heavy atom. The van der Waals surface area contributed by atoms with Crippen molar-refractivity contribution in [2.45, 2.75) is 143 Å². The fourth-order valence-electron chi connectivity index (χ4n) is 7.24. The van der Waals surface area contributed by atoms with E-state index < -0.39 is 0 Å². The molecule has 2 unspecified atom stereocenters. The third-order valence-electron chi connectivity index (χ3n) is 10.5. The molecular formula is C36H60. The Hall–Kier alpha value is -1.04. The van der Waals surface area contributed by atoms with Crippen molar-refractivity contribution in [3.63, 3.8) is 0 Å². The van der Waals surface area contributed by atoms with Gasteiger partial charge in [0.1, 0.15) is 0 Å². The molecule has 3 aliphatic rings. The molecule has 0 spiro atoms. The van der Waals surface area contributed by atoms with Gasteiger partial charge in [-0.2, -0.15) is 0 Å². The molecule has 36 heavy (non-hydrogen) atoms. The van der Waals surface area contributed by atoms with Gasteiger partial charge in [0.2, 0.25) is 0 Å². The van der Waals surface area contributed by atoms with Gasteiger partial charge in [0, 0.05) is 0 Å². The van der Waals surface area contributed by atoms with Crippen LogP contribution in [0, 0.1) is 35.0 Å². The maximum Gasteiger partial charge on any atom is -0.0193 e. The van der Waals surface area contributed by atoms with Gasteiger partial charge in [-0.1, -0.05) is 127 Å². The van der Waals surface area contributed by atoms with Crippen LogP contribution in [0.2, 0.25) is 0 Å². The number of hydrogen-bond donors (Lipinski definition) is 0. The van der Waals surface area contributed by atoms with Gasteiger partial charge in [0.15, 0.2) is 0 Å². The van der Waals surface area contributed by atoms with Crippen molar-refractivity contribution in [1.82, 2.24) is 0 Å². The van der Waals surface area contributed by atoms with E-state index in [0.29, 0.717) is 5.41 Å². The van der Waals surface area contributed by atoms with E-state index in [-0.39, 0.29) is 0 Å². The second kappa shape index (κ2) is 15.4. The minimum atomic E-state index is 0.432. The summed E-state index contributed by atoms with van der Waals surface area (Å²) in [4.78, 5) is 0. The number of hydrogen-bond acceptors (Lipinski definition) is 0. The molecule has 0 aromatic rings. The van der Waals surface area contributed by atoms with Gasteiger partial charge in [-0.25, -0.2) is 0 Å². The molecule has 3 aliphatic carbocycles. The molecule has 0 heterocycles. The molecule has 0 saturated heterocycles. The molecule has 1 saturated carbocycles. The van der Waals surface area contributed by atoms with Crippen LogP contribution in [0.4, 0.5) is 0 Å². The maximum atomic E-state index is 4.50. The average molecular weight is 493 g/mol. The lowest BCUT2D eigenvalue weighted by Gasteiger charge is -2.34. The highest BCUT2D eigenvalue weighted by atomic mass is 14.3. The Balaban J connectivity index is 1.30. The smallest absolute Gasteiger partial charge is 0.0193 e. The van der Waals surface area contributed by atoms with Gasteiger partial charge in [-0.05, 0) is 99.2 Å². The zero-order valence-electron chi connectivity index (χ0n) is 24.7. The Kier molecular flexibility index (Phi) is 12.6. The molecule has 3 rings (SSSR count). The Morgan fingerprint density at radius 2 is 1.58 bits per heavy atom. The summed E-state index contributed by atoms with van der Waals surface area (Å²) in [7, 11) is 0. The lowest BCUT2D eigenvalue weighted by atomic mass is 9.71. The first-order valence-corrected chi connectivity index (χ1v) is 16.1. The molecule has 204 valence electrons. The van der Waals surface area contributed by atoms with Crippen LogP contribution in [0.3, 0.4) is 0 Å². The van der Waals surface area contributed by atoms with E-state index in [0.717, 1.165) is 29.6 Å². The standard InChI is InChI=1S/C36H60/c1-6-12-35(36(4,5)7-2)27-29(3)15-16-31-19-23-33(24-20-31)28-34-25-21-32(22-26-34)18-17-30-13-10-8-9-11-14-30/h8-9,19-20,23,30,32-35H,3,6-7,10-18,21-22,24-28H2,1-2,4-5H3. The monoisotopic (exact) mass is 492 g/mol. The van der Waals surface area contributed by atoms with Crippen LogP contribution in [0.15, 0.2) is 48.1 Å². The second-order valence-corrected chi connectivity index (χ2v) is 13.6.